The van der Waals surface area contributed by atoms with Crippen LogP contribution < -0.4 is 10.6 Å². The first-order valence-corrected chi connectivity index (χ1v) is 9.57. The van der Waals surface area contributed by atoms with Crippen molar-refractivity contribution in [1.29, 1.82) is 0 Å². The molecule has 2 heterocycles. The van der Waals surface area contributed by atoms with Crippen LogP contribution in [0.4, 0.5) is 0 Å². The fraction of sp³-hybridized carbons (Fsp3) is 0.789. The fourth-order valence-corrected chi connectivity index (χ4v) is 4.47. The lowest BCUT2D eigenvalue weighted by Crippen LogP contribution is -2.71. The molecule has 1 aromatic rings. The van der Waals surface area contributed by atoms with E-state index in [4.69, 9.17) is 9.26 Å². The first-order valence-electron chi connectivity index (χ1n) is 9.57. The summed E-state index contributed by atoms with van der Waals surface area (Å²) in [5.41, 5.74) is 2.33. The zero-order chi connectivity index (χ0) is 18.0. The largest absolute Gasteiger partial charge is 0.377 e. The number of rotatable bonds is 5. The number of ether oxygens (including phenoxy) is 1. The highest BCUT2D eigenvalue weighted by atomic mass is 16.5. The molecule has 0 radical (unpaired) electrons. The van der Waals surface area contributed by atoms with Crippen molar-refractivity contribution in [3.8, 4) is 0 Å². The maximum Gasteiger partial charge on any atom is 0.191 e. The molecule has 1 saturated heterocycles. The van der Waals surface area contributed by atoms with E-state index in [1.54, 1.807) is 0 Å². The molecule has 0 spiro atoms. The van der Waals surface area contributed by atoms with Crippen molar-refractivity contribution in [2.24, 2.45) is 16.3 Å². The Labute approximate surface area is 150 Å². The number of nitrogens with zero attached hydrogens (tertiary/aromatic N) is 2. The summed E-state index contributed by atoms with van der Waals surface area (Å²) in [6, 6.07) is 0.391. The Balaban J connectivity index is 1.63. The van der Waals surface area contributed by atoms with E-state index < -0.39 is 0 Å². The van der Waals surface area contributed by atoms with Crippen LogP contribution in [0.15, 0.2) is 9.52 Å². The third-order valence-corrected chi connectivity index (χ3v) is 5.89. The van der Waals surface area contributed by atoms with E-state index in [1.165, 1.54) is 12.0 Å². The molecule has 3 rings (SSSR count). The summed E-state index contributed by atoms with van der Waals surface area (Å²) < 4.78 is 11.4. The van der Waals surface area contributed by atoms with Gasteiger partial charge in [0.25, 0.3) is 0 Å². The minimum absolute atomic E-state index is 0.128. The molecule has 0 amide bonds. The van der Waals surface area contributed by atoms with Gasteiger partial charge in [-0.15, -0.1) is 0 Å². The van der Waals surface area contributed by atoms with Crippen LogP contribution in [0, 0.1) is 11.3 Å². The van der Waals surface area contributed by atoms with Gasteiger partial charge >= 0.3 is 0 Å². The molecule has 1 aliphatic heterocycles. The average molecular weight is 348 g/mol. The molecule has 0 bridgehead atoms. The van der Waals surface area contributed by atoms with Crippen LogP contribution in [0.3, 0.4) is 0 Å². The highest BCUT2D eigenvalue weighted by Crippen LogP contribution is 2.51. The predicted molar refractivity (Wildman–Crippen MR) is 98.6 cm³/mol. The molecule has 0 aromatic carbocycles. The molecule has 1 saturated carbocycles. The molecule has 2 fully saturated rings. The third-order valence-electron chi connectivity index (χ3n) is 5.89. The Hall–Kier alpha value is -1.56. The van der Waals surface area contributed by atoms with E-state index in [-0.39, 0.29) is 5.41 Å². The van der Waals surface area contributed by atoms with E-state index in [1.807, 2.05) is 7.05 Å². The van der Waals surface area contributed by atoms with Crippen molar-refractivity contribution >= 4 is 5.96 Å². The second-order valence-corrected chi connectivity index (χ2v) is 7.70. The molecule has 6 heteroatoms. The van der Waals surface area contributed by atoms with Gasteiger partial charge in [0.1, 0.15) is 5.76 Å². The van der Waals surface area contributed by atoms with Crippen LogP contribution in [0.1, 0.15) is 57.6 Å². The van der Waals surface area contributed by atoms with Crippen LogP contribution in [0.25, 0.3) is 0 Å². The Morgan fingerprint density at radius 3 is 2.80 bits per heavy atom. The van der Waals surface area contributed by atoms with Crippen molar-refractivity contribution in [3.05, 3.63) is 17.0 Å². The summed E-state index contributed by atoms with van der Waals surface area (Å²) in [5, 5.41) is 11.3. The molecule has 140 valence electrons. The fourth-order valence-electron chi connectivity index (χ4n) is 4.47. The van der Waals surface area contributed by atoms with Crippen molar-refractivity contribution in [3.63, 3.8) is 0 Å². The molecule has 3 atom stereocenters. The quantitative estimate of drug-likeness (QED) is 0.632. The summed E-state index contributed by atoms with van der Waals surface area (Å²) in [5.74, 6) is 2.38. The Morgan fingerprint density at radius 1 is 1.32 bits per heavy atom. The lowest BCUT2D eigenvalue weighted by atomic mass is 9.55. The Kier molecular flexibility index (Phi) is 5.37. The first kappa shape index (κ1) is 18.2. The van der Waals surface area contributed by atoms with E-state index >= 15 is 0 Å². The number of aromatic nitrogens is 1. The van der Waals surface area contributed by atoms with Crippen molar-refractivity contribution < 1.29 is 9.26 Å². The van der Waals surface area contributed by atoms with E-state index in [9.17, 15) is 0 Å². The Bertz CT molecular complexity index is 601. The number of aliphatic imine (C=N–C) groups is 1. The third kappa shape index (κ3) is 3.28. The zero-order valence-electron chi connectivity index (χ0n) is 16.2. The summed E-state index contributed by atoms with van der Waals surface area (Å²) in [6.07, 6.45) is 4.49. The predicted octanol–water partition coefficient (Wildman–Crippen LogP) is 2.67. The maximum absolute atomic E-state index is 6.00. The van der Waals surface area contributed by atoms with Crippen molar-refractivity contribution in [2.45, 2.75) is 72.1 Å². The number of guanidine groups is 1. The summed E-state index contributed by atoms with van der Waals surface area (Å²) in [7, 11) is 1.82. The van der Waals surface area contributed by atoms with Gasteiger partial charge in [-0.25, -0.2) is 0 Å². The summed E-state index contributed by atoms with van der Waals surface area (Å²) in [4.78, 5) is 4.43. The molecule has 3 unspecified atom stereocenters. The lowest BCUT2D eigenvalue weighted by molar-refractivity contribution is -0.188. The minimum Gasteiger partial charge on any atom is -0.377 e. The summed E-state index contributed by atoms with van der Waals surface area (Å²) in [6.45, 7) is 10.4. The monoisotopic (exact) mass is 348 g/mol. The van der Waals surface area contributed by atoms with Gasteiger partial charge in [-0.05, 0) is 19.3 Å². The van der Waals surface area contributed by atoms with Gasteiger partial charge in [0.05, 0.1) is 11.8 Å². The molecule has 1 aromatic heterocycles. The van der Waals surface area contributed by atoms with Gasteiger partial charge in [0, 0.05) is 49.6 Å². The minimum atomic E-state index is 0.128. The van der Waals surface area contributed by atoms with Crippen LogP contribution in [-0.2, 0) is 24.1 Å². The van der Waals surface area contributed by atoms with Crippen LogP contribution in [0.2, 0.25) is 0 Å². The van der Waals surface area contributed by atoms with Crippen LogP contribution in [0.5, 0.6) is 0 Å². The standard InChI is InChI=1S/C19H32N4O2/c1-6-14-13(15(7-2)25-23-14)11-21-18(20-5)22-16-12-9-8-10-24-17(12)19(16,3)4/h12,16-17H,6-11H2,1-5H3,(H2,20,21,22). The molecule has 6 nitrogen and oxygen atoms in total. The topological polar surface area (TPSA) is 71.7 Å². The average Bonchev–Trinajstić information content (AvgIpc) is 3.03. The second kappa shape index (κ2) is 7.36. The van der Waals surface area contributed by atoms with Crippen molar-refractivity contribution in [2.75, 3.05) is 13.7 Å². The molecule has 2 aliphatic rings. The smallest absolute Gasteiger partial charge is 0.191 e. The van der Waals surface area contributed by atoms with E-state index in [2.05, 4.69) is 48.5 Å². The summed E-state index contributed by atoms with van der Waals surface area (Å²) >= 11 is 0. The molecule has 25 heavy (non-hydrogen) atoms. The highest BCUT2D eigenvalue weighted by Gasteiger charge is 2.58. The lowest BCUT2D eigenvalue weighted by Gasteiger charge is -2.60. The van der Waals surface area contributed by atoms with Gasteiger partial charge < -0.3 is 19.9 Å². The number of aryl methyl sites for hydroxylation is 2. The molecular formula is C19H32N4O2. The van der Waals surface area contributed by atoms with Gasteiger partial charge in [0.15, 0.2) is 5.96 Å². The highest BCUT2D eigenvalue weighted by molar-refractivity contribution is 5.80. The van der Waals surface area contributed by atoms with Gasteiger partial charge in [-0.3, -0.25) is 4.99 Å². The van der Waals surface area contributed by atoms with Crippen LogP contribution in [-0.4, -0.2) is 36.9 Å². The number of hydrogen-bond donors (Lipinski definition) is 2. The van der Waals surface area contributed by atoms with E-state index in [0.717, 1.165) is 43.3 Å². The number of fused-ring (bicyclic) bond motifs is 1. The van der Waals surface area contributed by atoms with E-state index in [0.29, 0.717) is 24.6 Å². The molecular weight excluding hydrogens is 316 g/mol. The van der Waals surface area contributed by atoms with Gasteiger partial charge in [-0.2, -0.15) is 0 Å². The molecule has 2 N–H and O–H groups in total. The maximum atomic E-state index is 6.00. The van der Waals surface area contributed by atoms with Gasteiger partial charge in [0.2, 0.25) is 0 Å². The SMILES string of the molecule is CCc1noc(CC)c1CNC(=NC)NC1C2CCCOC2C1(C)C. The Morgan fingerprint density at radius 2 is 2.12 bits per heavy atom. The number of nitrogens with one attached hydrogen (secondary N) is 2. The molecule has 1 aliphatic carbocycles. The van der Waals surface area contributed by atoms with Gasteiger partial charge in [-0.1, -0.05) is 32.9 Å². The van der Waals surface area contributed by atoms with Crippen molar-refractivity contribution in [1.82, 2.24) is 15.8 Å². The normalized spacial score (nSPS) is 28.2. The first-order chi connectivity index (χ1) is 12.0. The van der Waals surface area contributed by atoms with Crippen LogP contribution >= 0.6 is 0 Å². The zero-order valence-corrected chi connectivity index (χ0v) is 16.2. The number of hydrogen-bond acceptors (Lipinski definition) is 4. The second-order valence-electron chi connectivity index (χ2n) is 7.70.